The zero-order chi connectivity index (χ0) is 25.5. The van der Waals surface area contributed by atoms with Crippen LogP contribution in [0.4, 0.5) is 0 Å². The molecule has 1 aliphatic rings. The highest BCUT2D eigenvalue weighted by Gasteiger charge is 2.28. The SMILES string of the molecule is CN(CCCOc1ccc(C2CCNCC2Oc2ccc3ccccc3c2)cc1)C(=O)c1ccccc1. The third-order valence-electron chi connectivity index (χ3n) is 7.02. The number of carbonyl (C=O) groups is 1. The Bertz CT molecular complexity index is 1310. The van der Waals surface area contributed by atoms with Crippen molar-refractivity contribution in [3.05, 3.63) is 108 Å². The maximum Gasteiger partial charge on any atom is 0.253 e. The molecule has 2 unspecified atom stereocenters. The maximum atomic E-state index is 12.5. The van der Waals surface area contributed by atoms with Gasteiger partial charge in [0.25, 0.3) is 5.91 Å². The molecule has 0 aromatic heterocycles. The molecule has 2 atom stereocenters. The smallest absolute Gasteiger partial charge is 0.253 e. The summed E-state index contributed by atoms with van der Waals surface area (Å²) in [4.78, 5) is 14.2. The molecule has 1 saturated heterocycles. The molecule has 0 bridgehead atoms. The van der Waals surface area contributed by atoms with Crippen LogP contribution in [0.5, 0.6) is 11.5 Å². The number of fused-ring (bicyclic) bond motifs is 1. The van der Waals surface area contributed by atoms with Crippen LogP contribution in [0, 0.1) is 0 Å². The number of nitrogens with zero attached hydrogens (tertiary/aromatic N) is 1. The zero-order valence-corrected chi connectivity index (χ0v) is 21.3. The minimum atomic E-state index is 0.0346. The molecule has 1 aliphatic heterocycles. The number of amides is 1. The predicted molar refractivity (Wildman–Crippen MR) is 149 cm³/mol. The van der Waals surface area contributed by atoms with Gasteiger partial charge in [-0.3, -0.25) is 4.79 Å². The summed E-state index contributed by atoms with van der Waals surface area (Å²) in [5, 5.41) is 5.90. The molecule has 5 nitrogen and oxygen atoms in total. The van der Waals surface area contributed by atoms with Gasteiger partial charge in [0.15, 0.2) is 0 Å². The van der Waals surface area contributed by atoms with Crippen molar-refractivity contribution in [2.75, 3.05) is 33.3 Å². The number of piperidine rings is 1. The van der Waals surface area contributed by atoms with Crippen LogP contribution in [0.3, 0.4) is 0 Å². The second-order valence-corrected chi connectivity index (χ2v) is 9.63. The number of rotatable bonds is 9. The van der Waals surface area contributed by atoms with E-state index in [9.17, 15) is 4.79 Å². The van der Waals surface area contributed by atoms with Crippen LogP contribution < -0.4 is 14.8 Å². The fraction of sp³-hybridized carbons (Fsp3) is 0.281. The van der Waals surface area contributed by atoms with Crippen LogP contribution in [0.25, 0.3) is 10.8 Å². The van der Waals surface area contributed by atoms with E-state index in [1.54, 1.807) is 4.90 Å². The van der Waals surface area contributed by atoms with Gasteiger partial charge in [-0.1, -0.05) is 60.7 Å². The van der Waals surface area contributed by atoms with Crippen molar-refractivity contribution in [2.24, 2.45) is 0 Å². The van der Waals surface area contributed by atoms with Gasteiger partial charge in [-0.05, 0) is 72.1 Å². The van der Waals surface area contributed by atoms with E-state index in [-0.39, 0.29) is 12.0 Å². The molecule has 5 rings (SSSR count). The first-order valence-electron chi connectivity index (χ1n) is 13.1. The number of benzene rings is 4. The summed E-state index contributed by atoms with van der Waals surface area (Å²) in [6, 6.07) is 32.5. The number of hydrogen-bond donors (Lipinski definition) is 1. The molecule has 4 aromatic carbocycles. The molecule has 1 heterocycles. The van der Waals surface area contributed by atoms with Gasteiger partial charge < -0.3 is 19.7 Å². The molecular weight excluding hydrogens is 460 g/mol. The first kappa shape index (κ1) is 24.8. The van der Waals surface area contributed by atoms with Crippen molar-refractivity contribution in [1.29, 1.82) is 0 Å². The van der Waals surface area contributed by atoms with Crippen molar-refractivity contribution >= 4 is 16.7 Å². The average Bonchev–Trinajstić information content (AvgIpc) is 2.96. The minimum absolute atomic E-state index is 0.0346. The molecule has 190 valence electrons. The highest BCUT2D eigenvalue weighted by molar-refractivity contribution is 5.93. The Kier molecular flexibility index (Phi) is 8.02. The molecule has 37 heavy (non-hydrogen) atoms. The van der Waals surface area contributed by atoms with E-state index in [1.165, 1.54) is 16.3 Å². The van der Waals surface area contributed by atoms with E-state index in [4.69, 9.17) is 9.47 Å². The summed E-state index contributed by atoms with van der Waals surface area (Å²) in [7, 11) is 1.83. The van der Waals surface area contributed by atoms with Crippen LogP contribution in [0.15, 0.2) is 97.1 Å². The highest BCUT2D eigenvalue weighted by atomic mass is 16.5. The average molecular weight is 495 g/mol. The van der Waals surface area contributed by atoms with Gasteiger partial charge in [0.2, 0.25) is 0 Å². The van der Waals surface area contributed by atoms with Crippen LogP contribution in [-0.2, 0) is 0 Å². The van der Waals surface area contributed by atoms with E-state index in [1.807, 2.05) is 49.5 Å². The first-order valence-corrected chi connectivity index (χ1v) is 13.1. The third kappa shape index (κ3) is 6.30. The number of carbonyl (C=O) groups excluding carboxylic acids is 1. The highest BCUT2D eigenvalue weighted by Crippen LogP contribution is 2.31. The summed E-state index contributed by atoms with van der Waals surface area (Å²) in [5.74, 6) is 2.11. The van der Waals surface area contributed by atoms with Crippen molar-refractivity contribution < 1.29 is 14.3 Å². The largest absolute Gasteiger partial charge is 0.494 e. The normalized spacial score (nSPS) is 17.3. The van der Waals surface area contributed by atoms with Gasteiger partial charge in [-0.25, -0.2) is 0 Å². The number of ether oxygens (including phenoxy) is 2. The minimum Gasteiger partial charge on any atom is -0.494 e. The van der Waals surface area contributed by atoms with Crippen molar-refractivity contribution in [3.8, 4) is 11.5 Å². The first-order chi connectivity index (χ1) is 18.2. The second-order valence-electron chi connectivity index (χ2n) is 9.63. The van der Waals surface area contributed by atoms with Gasteiger partial charge in [0.1, 0.15) is 17.6 Å². The quantitative estimate of drug-likeness (QED) is 0.294. The van der Waals surface area contributed by atoms with Crippen molar-refractivity contribution in [3.63, 3.8) is 0 Å². The lowest BCUT2D eigenvalue weighted by Gasteiger charge is -2.33. The summed E-state index contributed by atoms with van der Waals surface area (Å²) < 4.78 is 12.5. The van der Waals surface area contributed by atoms with Crippen LogP contribution in [-0.4, -0.2) is 50.2 Å². The molecule has 1 amide bonds. The fourth-order valence-electron chi connectivity index (χ4n) is 4.96. The predicted octanol–water partition coefficient (Wildman–Crippen LogP) is 5.91. The van der Waals surface area contributed by atoms with Gasteiger partial charge in [0, 0.05) is 31.6 Å². The summed E-state index contributed by atoms with van der Waals surface area (Å²) >= 11 is 0. The lowest BCUT2D eigenvalue weighted by molar-refractivity contribution is 0.0788. The summed E-state index contributed by atoms with van der Waals surface area (Å²) in [6.45, 7) is 3.02. The van der Waals surface area contributed by atoms with Gasteiger partial charge in [-0.15, -0.1) is 0 Å². The standard InChI is InChI=1S/C32H34N2O3/c1-34(32(35)26-9-3-2-4-10-26)20-7-21-36-28-15-13-25(14-16-28)30-18-19-33-23-31(30)37-29-17-12-24-8-5-6-11-27(24)22-29/h2-6,8-17,22,30-31,33H,7,18-21,23H2,1H3. The molecule has 0 saturated carbocycles. The summed E-state index contributed by atoms with van der Waals surface area (Å²) in [5.41, 5.74) is 1.98. The zero-order valence-electron chi connectivity index (χ0n) is 21.3. The van der Waals surface area contributed by atoms with Gasteiger partial charge in [0.05, 0.1) is 6.61 Å². The molecule has 0 aliphatic carbocycles. The van der Waals surface area contributed by atoms with Gasteiger partial charge in [-0.2, -0.15) is 0 Å². The van der Waals surface area contributed by atoms with E-state index >= 15 is 0 Å². The fourth-order valence-corrected chi connectivity index (χ4v) is 4.96. The Labute approximate surface area is 219 Å². The molecule has 5 heteroatoms. The lowest BCUT2D eigenvalue weighted by atomic mass is 9.87. The van der Waals surface area contributed by atoms with Crippen LogP contribution in [0.1, 0.15) is 34.7 Å². The summed E-state index contributed by atoms with van der Waals surface area (Å²) in [6.07, 6.45) is 1.87. The Morgan fingerprint density at radius 3 is 2.43 bits per heavy atom. The van der Waals surface area contributed by atoms with E-state index in [2.05, 4.69) is 59.9 Å². The monoisotopic (exact) mass is 494 g/mol. The van der Waals surface area contributed by atoms with Crippen molar-refractivity contribution in [1.82, 2.24) is 10.2 Å². The molecule has 4 aromatic rings. The van der Waals surface area contributed by atoms with E-state index in [0.717, 1.165) is 37.4 Å². The Morgan fingerprint density at radius 1 is 0.892 bits per heavy atom. The van der Waals surface area contributed by atoms with Crippen LogP contribution >= 0.6 is 0 Å². The third-order valence-corrected chi connectivity index (χ3v) is 7.02. The Morgan fingerprint density at radius 2 is 1.62 bits per heavy atom. The van der Waals surface area contributed by atoms with Crippen LogP contribution in [0.2, 0.25) is 0 Å². The van der Waals surface area contributed by atoms with E-state index < -0.39 is 0 Å². The molecular formula is C32H34N2O3. The van der Waals surface area contributed by atoms with Gasteiger partial charge >= 0.3 is 0 Å². The lowest BCUT2D eigenvalue weighted by Crippen LogP contribution is -2.42. The van der Waals surface area contributed by atoms with Crippen molar-refractivity contribution in [2.45, 2.75) is 24.9 Å². The number of hydrogen-bond acceptors (Lipinski definition) is 4. The second kappa shape index (κ2) is 11.9. The molecule has 0 spiro atoms. The molecule has 1 N–H and O–H groups in total. The Hall–Kier alpha value is -3.83. The molecule has 1 fully saturated rings. The number of nitrogens with one attached hydrogen (secondary N) is 1. The topological polar surface area (TPSA) is 50.8 Å². The maximum absolute atomic E-state index is 12.5. The Balaban J connectivity index is 1.14. The van der Waals surface area contributed by atoms with E-state index in [0.29, 0.717) is 24.6 Å². The molecule has 0 radical (unpaired) electrons.